The maximum Gasteiger partial charge on any atom is 0.142 e. The van der Waals surface area contributed by atoms with Gasteiger partial charge in [-0.2, -0.15) is 0 Å². The minimum atomic E-state index is 0.731. The first-order valence-corrected chi connectivity index (χ1v) is 7.65. The van der Waals surface area contributed by atoms with Gasteiger partial charge in [-0.05, 0) is 52.7 Å². The van der Waals surface area contributed by atoms with Gasteiger partial charge in [0.25, 0.3) is 0 Å². The minimum Gasteiger partial charge on any atom is -0.356 e. The monoisotopic (exact) mass is 312 g/mol. The molecule has 0 fully saturated rings. The van der Waals surface area contributed by atoms with E-state index in [-0.39, 0.29) is 0 Å². The zero-order valence-electron chi connectivity index (χ0n) is 12.0. The van der Waals surface area contributed by atoms with Crippen molar-refractivity contribution in [2.75, 3.05) is 18.0 Å². The molecule has 1 heterocycles. The Kier molecular flexibility index (Phi) is 6.69. The average molecular weight is 313 g/mol. The molecule has 1 aromatic rings. The lowest BCUT2D eigenvalue weighted by molar-refractivity contribution is 0.532. The molecule has 0 unspecified atom stereocenters. The van der Waals surface area contributed by atoms with Gasteiger partial charge in [-0.1, -0.05) is 27.7 Å². The molecule has 102 valence electrons. The standard InChI is InChI=1S/C15H25BrN2/c1-12(2)7-10-18(11-8-13(3)4)15-14(16)6-5-9-17-15/h5-6,9,12-13H,7-8,10-11H2,1-4H3. The van der Waals surface area contributed by atoms with E-state index in [0.29, 0.717) is 0 Å². The van der Waals surface area contributed by atoms with Crippen molar-refractivity contribution in [2.24, 2.45) is 11.8 Å². The summed E-state index contributed by atoms with van der Waals surface area (Å²) in [5.74, 6) is 2.54. The molecule has 0 aliphatic rings. The summed E-state index contributed by atoms with van der Waals surface area (Å²) < 4.78 is 1.09. The molecule has 0 radical (unpaired) electrons. The summed E-state index contributed by atoms with van der Waals surface area (Å²) in [6.45, 7) is 11.3. The van der Waals surface area contributed by atoms with Crippen molar-refractivity contribution >= 4 is 21.7 Å². The number of hydrogen-bond donors (Lipinski definition) is 0. The van der Waals surface area contributed by atoms with Crippen LogP contribution in [-0.4, -0.2) is 18.1 Å². The van der Waals surface area contributed by atoms with Gasteiger partial charge in [-0.15, -0.1) is 0 Å². The van der Waals surface area contributed by atoms with Crippen LogP contribution in [0.4, 0.5) is 5.82 Å². The Morgan fingerprint density at radius 1 is 1.11 bits per heavy atom. The predicted octanol–water partition coefficient (Wildman–Crippen LogP) is 4.74. The van der Waals surface area contributed by atoms with Gasteiger partial charge < -0.3 is 4.90 Å². The lowest BCUT2D eigenvalue weighted by Crippen LogP contribution is -2.28. The van der Waals surface area contributed by atoms with E-state index >= 15 is 0 Å². The Morgan fingerprint density at radius 2 is 1.67 bits per heavy atom. The highest BCUT2D eigenvalue weighted by atomic mass is 79.9. The molecule has 0 saturated heterocycles. The third kappa shape index (κ3) is 5.38. The van der Waals surface area contributed by atoms with E-state index in [0.717, 1.165) is 35.2 Å². The minimum absolute atomic E-state index is 0.731. The van der Waals surface area contributed by atoms with Gasteiger partial charge in [0.05, 0.1) is 4.47 Å². The summed E-state index contributed by atoms with van der Waals surface area (Å²) in [4.78, 5) is 6.92. The third-order valence-electron chi connectivity index (χ3n) is 2.99. The lowest BCUT2D eigenvalue weighted by Gasteiger charge is -2.26. The molecule has 0 saturated carbocycles. The highest BCUT2D eigenvalue weighted by molar-refractivity contribution is 9.10. The Bertz CT molecular complexity index is 338. The molecule has 0 aliphatic heterocycles. The molecule has 0 bridgehead atoms. The van der Waals surface area contributed by atoms with E-state index in [9.17, 15) is 0 Å². The second-order valence-electron chi connectivity index (χ2n) is 5.66. The first-order valence-electron chi connectivity index (χ1n) is 6.86. The highest BCUT2D eigenvalue weighted by Crippen LogP contribution is 2.24. The number of rotatable bonds is 7. The fourth-order valence-corrected chi connectivity index (χ4v) is 2.27. The van der Waals surface area contributed by atoms with Crippen molar-refractivity contribution in [1.29, 1.82) is 0 Å². The van der Waals surface area contributed by atoms with Crippen LogP contribution in [0, 0.1) is 11.8 Å². The van der Waals surface area contributed by atoms with Gasteiger partial charge in [0.15, 0.2) is 0 Å². The largest absolute Gasteiger partial charge is 0.356 e. The summed E-state index contributed by atoms with van der Waals surface area (Å²) in [6, 6.07) is 4.04. The summed E-state index contributed by atoms with van der Waals surface area (Å²) in [5, 5.41) is 0. The quantitative estimate of drug-likeness (QED) is 0.722. The molecule has 0 aromatic carbocycles. The Balaban J connectivity index is 2.73. The van der Waals surface area contributed by atoms with Gasteiger partial charge in [0.2, 0.25) is 0 Å². The number of hydrogen-bond acceptors (Lipinski definition) is 2. The zero-order valence-corrected chi connectivity index (χ0v) is 13.6. The predicted molar refractivity (Wildman–Crippen MR) is 83.1 cm³/mol. The summed E-state index contributed by atoms with van der Waals surface area (Å²) in [5.41, 5.74) is 0. The van der Waals surface area contributed by atoms with Gasteiger partial charge in [-0.3, -0.25) is 0 Å². The average Bonchev–Trinajstić information content (AvgIpc) is 2.30. The molecule has 3 heteroatoms. The van der Waals surface area contributed by atoms with Crippen LogP contribution in [0.25, 0.3) is 0 Å². The molecule has 0 N–H and O–H groups in total. The van der Waals surface area contributed by atoms with Crippen LogP contribution in [0.5, 0.6) is 0 Å². The van der Waals surface area contributed by atoms with Crippen molar-refractivity contribution in [3.63, 3.8) is 0 Å². The fraction of sp³-hybridized carbons (Fsp3) is 0.667. The second kappa shape index (κ2) is 7.78. The van der Waals surface area contributed by atoms with Crippen LogP contribution in [0.2, 0.25) is 0 Å². The van der Waals surface area contributed by atoms with Crippen molar-refractivity contribution in [2.45, 2.75) is 40.5 Å². The Hall–Kier alpha value is -0.570. The number of aromatic nitrogens is 1. The topological polar surface area (TPSA) is 16.1 Å². The number of nitrogens with zero attached hydrogens (tertiary/aromatic N) is 2. The molecule has 1 aromatic heterocycles. The number of halogens is 1. The molecular weight excluding hydrogens is 288 g/mol. The Labute approximate surface area is 120 Å². The fourth-order valence-electron chi connectivity index (χ4n) is 1.76. The van der Waals surface area contributed by atoms with Gasteiger partial charge in [0, 0.05) is 19.3 Å². The molecule has 0 aliphatic carbocycles. The smallest absolute Gasteiger partial charge is 0.142 e. The molecule has 0 atom stereocenters. The summed E-state index contributed by atoms with van der Waals surface area (Å²) >= 11 is 3.61. The molecular formula is C15H25BrN2. The van der Waals surface area contributed by atoms with Crippen molar-refractivity contribution in [1.82, 2.24) is 4.98 Å². The SMILES string of the molecule is CC(C)CCN(CCC(C)C)c1ncccc1Br. The van der Waals surface area contributed by atoms with Gasteiger partial charge >= 0.3 is 0 Å². The van der Waals surface area contributed by atoms with Crippen LogP contribution in [0.1, 0.15) is 40.5 Å². The van der Waals surface area contributed by atoms with E-state index in [1.807, 2.05) is 12.3 Å². The van der Waals surface area contributed by atoms with Crippen LogP contribution in [0.3, 0.4) is 0 Å². The van der Waals surface area contributed by atoms with Gasteiger partial charge in [-0.25, -0.2) is 4.98 Å². The van der Waals surface area contributed by atoms with E-state index in [2.05, 4.69) is 59.6 Å². The first kappa shape index (κ1) is 15.5. The summed E-state index contributed by atoms with van der Waals surface area (Å²) in [6.07, 6.45) is 4.29. The van der Waals surface area contributed by atoms with Crippen LogP contribution in [-0.2, 0) is 0 Å². The number of anilines is 1. The third-order valence-corrected chi connectivity index (χ3v) is 3.61. The van der Waals surface area contributed by atoms with Gasteiger partial charge in [0.1, 0.15) is 5.82 Å². The zero-order chi connectivity index (χ0) is 13.5. The van der Waals surface area contributed by atoms with Crippen LogP contribution < -0.4 is 4.90 Å². The maximum atomic E-state index is 4.51. The van der Waals surface area contributed by atoms with Crippen molar-refractivity contribution in [3.8, 4) is 0 Å². The molecule has 0 amide bonds. The maximum absolute atomic E-state index is 4.51. The van der Waals surface area contributed by atoms with Crippen LogP contribution >= 0.6 is 15.9 Å². The molecule has 18 heavy (non-hydrogen) atoms. The van der Waals surface area contributed by atoms with E-state index < -0.39 is 0 Å². The van der Waals surface area contributed by atoms with Crippen LogP contribution in [0.15, 0.2) is 22.8 Å². The van der Waals surface area contributed by atoms with E-state index in [1.54, 1.807) is 0 Å². The molecule has 2 nitrogen and oxygen atoms in total. The van der Waals surface area contributed by atoms with Crippen molar-refractivity contribution < 1.29 is 0 Å². The summed E-state index contributed by atoms with van der Waals surface area (Å²) in [7, 11) is 0. The highest BCUT2D eigenvalue weighted by Gasteiger charge is 2.12. The normalized spacial score (nSPS) is 11.3. The molecule has 1 rings (SSSR count). The van der Waals surface area contributed by atoms with E-state index in [4.69, 9.17) is 0 Å². The number of pyridine rings is 1. The van der Waals surface area contributed by atoms with Crippen molar-refractivity contribution in [3.05, 3.63) is 22.8 Å². The lowest BCUT2D eigenvalue weighted by atomic mass is 10.1. The molecule has 0 spiro atoms. The Morgan fingerprint density at radius 3 is 2.11 bits per heavy atom. The van der Waals surface area contributed by atoms with E-state index in [1.165, 1.54) is 12.8 Å². The first-order chi connectivity index (χ1) is 8.50. The second-order valence-corrected chi connectivity index (χ2v) is 6.52.